The highest BCUT2D eigenvalue weighted by atomic mass is 32.2. The van der Waals surface area contributed by atoms with Crippen molar-refractivity contribution >= 4 is 10.0 Å². The van der Waals surface area contributed by atoms with Gasteiger partial charge in [0.25, 0.3) is 0 Å². The quantitative estimate of drug-likeness (QED) is 0.880. The van der Waals surface area contributed by atoms with E-state index in [1.807, 2.05) is 36.4 Å². The molecule has 20 heavy (non-hydrogen) atoms. The number of nitrogens with zero attached hydrogens (tertiary/aromatic N) is 1. The minimum Gasteiger partial charge on any atom is -0.487 e. The summed E-state index contributed by atoms with van der Waals surface area (Å²) in [5.41, 5.74) is 1.68. The number of ether oxygens (including phenoxy) is 1. The molecule has 1 aromatic heterocycles. The molecule has 0 unspecified atom stereocenters. The van der Waals surface area contributed by atoms with Crippen molar-refractivity contribution in [3.63, 3.8) is 0 Å². The molecule has 6 heteroatoms. The van der Waals surface area contributed by atoms with Crippen LogP contribution in [0.3, 0.4) is 0 Å². The van der Waals surface area contributed by atoms with Crippen molar-refractivity contribution in [1.29, 1.82) is 0 Å². The molecule has 0 bridgehead atoms. The van der Waals surface area contributed by atoms with Gasteiger partial charge in [-0.2, -0.15) is 0 Å². The summed E-state index contributed by atoms with van der Waals surface area (Å²) in [4.78, 5) is 4.17. The molecule has 0 saturated carbocycles. The third kappa shape index (κ3) is 4.99. The maximum Gasteiger partial charge on any atom is 0.209 e. The second kappa shape index (κ2) is 6.49. The molecular weight excluding hydrogens is 276 g/mol. The SMILES string of the molecule is CS(=O)(=O)NCc1cccc(OCc2ccccn2)c1. The van der Waals surface area contributed by atoms with Crippen molar-refractivity contribution in [3.05, 3.63) is 59.9 Å². The molecule has 0 atom stereocenters. The van der Waals surface area contributed by atoms with E-state index >= 15 is 0 Å². The van der Waals surface area contributed by atoms with Gasteiger partial charge in [0.05, 0.1) is 11.9 Å². The van der Waals surface area contributed by atoms with Crippen molar-refractivity contribution in [3.8, 4) is 5.75 Å². The summed E-state index contributed by atoms with van der Waals surface area (Å²) >= 11 is 0. The van der Waals surface area contributed by atoms with Crippen LogP contribution in [0, 0.1) is 0 Å². The molecule has 0 fully saturated rings. The zero-order valence-corrected chi connectivity index (χ0v) is 11.9. The first kappa shape index (κ1) is 14.5. The summed E-state index contributed by atoms with van der Waals surface area (Å²) in [6.07, 6.45) is 2.85. The molecule has 5 nitrogen and oxygen atoms in total. The number of nitrogens with one attached hydrogen (secondary N) is 1. The van der Waals surface area contributed by atoms with Crippen LogP contribution in [0.15, 0.2) is 48.7 Å². The van der Waals surface area contributed by atoms with Crippen molar-refractivity contribution < 1.29 is 13.2 Å². The molecule has 0 aliphatic rings. The Morgan fingerprint density at radius 2 is 2.05 bits per heavy atom. The van der Waals surface area contributed by atoms with E-state index in [1.165, 1.54) is 0 Å². The van der Waals surface area contributed by atoms with E-state index in [-0.39, 0.29) is 6.54 Å². The average molecular weight is 292 g/mol. The zero-order chi connectivity index (χ0) is 14.4. The van der Waals surface area contributed by atoms with E-state index in [0.29, 0.717) is 12.4 Å². The molecule has 106 valence electrons. The van der Waals surface area contributed by atoms with E-state index in [4.69, 9.17) is 4.74 Å². The first-order valence-electron chi connectivity index (χ1n) is 6.09. The van der Waals surface area contributed by atoms with Gasteiger partial charge in [-0.05, 0) is 29.8 Å². The molecule has 2 aromatic rings. The Labute approximate surface area is 118 Å². The number of pyridine rings is 1. The summed E-state index contributed by atoms with van der Waals surface area (Å²) in [5, 5.41) is 0. The van der Waals surface area contributed by atoms with Crippen molar-refractivity contribution in [2.24, 2.45) is 0 Å². The van der Waals surface area contributed by atoms with Crippen molar-refractivity contribution in [2.45, 2.75) is 13.2 Å². The van der Waals surface area contributed by atoms with Gasteiger partial charge in [0.15, 0.2) is 0 Å². The molecule has 0 aliphatic heterocycles. The summed E-state index contributed by atoms with van der Waals surface area (Å²) in [6.45, 7) is 0.628. The van der Waals surface area contributed by atoms with Gasteiger partial charge >= 0.3 is 0 Å². The van der Waals surface area contributed by atoms with Crippen LogP contribution in [0.5, 0.6) is 5.75 Å². The number of hydrogen-bond acceptors (Lipinski definition) is 4. The van der Waals surface area contributed by atoms with Gasteiger partial charge in [-0.3, -0.25) is 4.98 Å². The third-order valence-electron chi connectivity index (χ3n) is 2.55. The van der Waals surface area contributed by atoms with E-state index in [0.717, 1.165) is 17.5 Å². The monoisotopic (exact) mass is 292 g/mol. The molecule has 0 radical (unpaired) electrons. The van der Waals surface area contributed by atoms with Crippen LogP contribution in [-0.2, 0) is 23.2 Å². The predicted molar refractivity (Wildman–Crippen MR) is 76.7 cm³/mol. The van der Waals surface area contributed by atoms with Crippen molar-refractivity contribution in [2.75, 3.05) is 6.26 Å². The molecule has 0 saturated heterocycles. The van der Waals surface area contributed by atoms with Gasteiger partial charge in [0.2, 0.25) is 10.0 Å². The third-order valence-corrected chi connectivity index (χ3v) is 3.22. The van der Waals surface area contributed by atoms with Crippen LogP contribution < -0.4 is 9.46 Å². The summed E-state index contributed by atoms with van der Waals surface area (Å²) in [6, 6.07) is 12.9. The molecule has 0 spiro atoms. The second-order valence-corrected chi connectivity index (χ2v) is 6.18. The molecule has 2 rings (SSSR count). The van der Waals surface area contributed by atoms with Crippen LogP contribution in [0.4, 0.5) is 0 Å². The molecule has 0 amide bonds. The van der Waals surface area contributed by atoms with Crippen LogP contribution in [0.1, 0.15) is 11.3 Å². The van der Waals surface area contributed by atoms with Crippen LogP contribution in [0.25, 0.3) is 0 Å². The molecule has 1 N–H and O–H groups in total. The number of rotatable bonds is 6. The van der Waals surface area contributed by atoms with Crippen molar-refractivity contribution in [1.82, 2.24) is 9.71 Å². The molecule has 0 aliphatic carbocycles. The maximum atomic E-state index is 11.0. The minimum atomic E-state index is -3.19. The topological polar surface area (TPSA) is 68.3 Å². The van der Waals surface area contributed by atoms with Crippen LogP contribution in [0.2, 0.25) is 0 Å². The Morgan fingerprint density at radius 1 is 1.20 bits per heavy atom. The zero-order valence-electron chi connectivity index (χ0n) is 11.1. The molecule has 1 heterocycles. The Morgan fingerprint density at radius 3 is 2.75 bits per heavy atom. The van der Waals surface area contributed by atoms with Gasteiger partial charge in [0, 0.05) is 12.7 Å². The standard InChI is InChI=1S/C14H16N2O3S/c1-20(17,18)16-10-12-5-4-7-14(9-12)19-11-13-6-2-3-8-15-13/h2-9,16H,10-11H2,1H3. The Hall–Kier alpha value is -1.92. The summed E-state index contributed by atoms with van der Waals surface area (Å²) < 4.78 is 30.2. The maximum absolute atomic E-state index is 11.0. The smallest absolute Gasteiger partial charge is 0.209 e. The summed E-state index contributed by atoms with van der Waals surface area (Å²) in [5.74, 6) is 0.684. The number of sulfonamides is 1. The Balaban J connectivity index is 1.96. The Bertz CT molecular complexity index is 657. The highest BCUT2D eigenvalue weighted by Crippen LogP contribution is 2.14. The van der Waals surface area contributed by atoms with Crippen LogP contribution in [-0.4, -0.2) is 19.7 Å². The average Bonchev–Trinajstić information content (AvgIpc) is 2.44. The lowest BCUT2D eigenvalue weighted by molar-refractivity contribution is 0.301. The van der Waals surface area contributed by atoms with Gasteiger partial charge < -0.3 is 4.74 Å². The van der Waals surface area contributed by atoms with E-state index in [1.54, 1.807) is 12.3 Å². The lowest BCUT2D eigenvalue weighted by atomic mass is 10.2. The fourth-order valence-electron chi connectivity index (χ4n) is 1.60. The number of benzene rings is 1. The van der Waals surface area contributed by atoms with Gasteiger partial charge in [-0.1, -0.05) is 18.2 Å². The highest BCUT2D eigenvalue weighted by molar-refractivity contribution is 7.88. The summed E-state index contributed by atoms with van der Waals surface area (Å²) in [7, 11) is -3.19. The second-order valence-electron chi connectivity index (χ2n) is 4.35. The lowest BCUT2D eigenvalue weighted by Crippen LogP contribution is -2.21. The van der Waals surface area contributed by atoms with E-state index in [9.17, 15) is 8.42 Å². The Kier molecular flexibility index (Phi) is 4.70. The predicted octanol–water partition coefficient (Wildman–Crippen LogP) is 1.71. The normalized spacial score (nSPS) is 11.2. The first-order chi connectivity index (χ1) is 9.53. The fraction of sp³-hybridized carbons (Fsp3) is 0.214. The van der Waals surface area contributed by atoms with Gasteiger partial charge in [-0.15, -0.1) is 0 Å². The highest BCUT2D eigenvalue weighted by Gasteiger charge is 2.02. The first-order valence-corrected chi connectivity index (χ1v) is 7.98. The van der Waals surface area contributed by atoms with E-state index < -0.39 is 10.0 Å². The van der Waals surface area contributed by atoms with Crippen LogP contribution >= 0.6 is 0 Å². The van der Waals surface area contributed by atoms with Gasteiger partial charge in [0.1, 0.15) is 12.4 Å². The fourth-order valence-corrected chi connectivity index (χ4v) is 2.03. The number of aromatic nitrogens is 1. The van der Waals surface area contributed by atoms with E-state index in [2.05, 4.69) is 9.71 Å². The lowest BCUT2D eigenvalue weighted by Gasteiger charge is -2.08. The van der Waals surface area contributed by atoms with Gasteiger partial charge in [-0.25, -0.2) is 13.1 Å². The minimum absolute atomic E-state index is 0.250. The number of hydrogen-bond donors (Lipinski definition) is 1. The molecular formula is C14H16N2O3S. The largest absolute Gasteiger partial charge is 0.487 e. The molecule has 1 aromatic carbocycles.